The summed E-state index contributed by atoms with van der Waals surface area (Å²) in [5, 5.41) is 3.16. The number of hydrogen-bond donors (Lipinski definition) is 1. The van der Waals surface area contributed by atoms with Gasteiger partial charge in [-0.1, -0.05) is 19.1 Å². The summed E-state index contributed by atoms with van der Waals surface area (Å²) in [4.78, 5) is 3.71. The third kappa shape index (κ3) is 3.82. The van der Waals surface area contributed by atoms with Crippen LogP contribution in [0.2, 0.25) is 0 Å². The lowest BCUT2D eigenvalue weighted by Crippen LogP contribution is -2.25. The average Bonchev–Trinajstić information content (AvgIpc) is 2.48. The summed E-state index contributed by atoms with van der Waals surface area (Å²) in [6.45, 7) is 2.64. The van der Waals surface area contributed by atoms with Gasteiger partial charge in [-0.05, 0) is 37.1 Å². The summed E-state index contributed by atoms with van der Waals surface area (Å²) in [5.74, 6) is -2.23. The van der Waals surface area contributed by atoms with Crippen molar-refractivity contribution in [1.82, 2.24) is 10.3 Å². The highest BCUT2D eigenvalue weighted by Gasteiger charge is 2.18. The first-order chi connectivity index (χ1) is 10.1. The first-order valence-electron chi connectivity index (χ1n) is 6.89. The highest BCUT2D eigenvalue weighted by atomic mass is 19.2. The molecule has 2 nitrogen and oxygen atoms in total. The molecule has 0 radical (unpaired) electrons. The Morgan fingerprint density at radius 3 is 2.67 bits per heavy atom. The maximum Gasteiger partial charge on any atom is 0.162 e. The Kier molecular flexibility index (Phi) is 5.33. The van der Waals surface area contributed by atoms with E-state index in [-0.39, 0.29) is 12.0 Å². The van der Waals surface area contributed by atoms with Crippen LogP contribution >= 0.6 is 0 Å². The molecule has 0 fully saturated rings. The molecular formula is C16H17F3N2. The summed E-state index contributed by atoms with van der Waals surface area (Å²) in [6.07, 6.45) is 3.64. The lowest BCUT2D eigenvalue weighted by atomic mass is 9.98. The summed E-state index contributed by atoms with van der Waals surface area (Å²) in [6, 6.07) is 5.16. The van der Waals surface area contributed by atoms with Crippen molar-refractivity contribution >= 4 is 0 Å². The molecule has 0 saturated heterocycles. The zero-order chi connectivity index (χ0) is 15.2. The molecule has 1 N–H and O–H groups in total. The van der Waals surface area contributed by atoms with Crippen molar-refractivity contribution in [2.45, 2.75) is 25.8 Å². The highest BCUT2D eigenvalue weighted by molar-refractivity contribution is 5.25. The van der Waals surface area contributed by atoms with Gasteiger partial charge >= 0.3 is 0 Å². The molecule has 0 bridgehead atoms. The minimum absolute atomic E-state index is 0.171. The predicted octanol–water partition coefficient (Wildman–Crippen LogP) is 3.78. The summed E-state index contributed by atoms with van der Waals surface area (Å²) in [7, 11) is 0. The molecule has 1 unspecified atom stereocenters. The van der Waals surface area contributed by atoms with Gasteiger partial charge in [-0.3, -0.25) is 4.98 Å². The molecule has 1 aromatic heterocycles. The van der Waals surface area contributed by atoms with E-state index in [0.717, 1.165) is 18.7 Å². The van der Waals surface area contributed by atoms with E-state index in [4.69, 9.17) is 0 Å². The fourth-order valence-electron chi connectivity index (χ4n) is 2.21. The summed E-state index contributed by atoms with van der Waals surface area (Å²) >= 11 is 0. The zero-order valence-electron chi connectivity index (χ0n) is 11.7. The lowest BCUT2D eigenvalue weighted by Gasteiger charge is -2.20. The number of rotatable bonds is 6. The van der Waals surface area contributed by atoms with Gasteiger partial charge in [0.1, 0.15) is 5.82 Å². The van der Waals surface area contributed by atoms with E-state index in [1.165, 1.54) is 18.3 Å². The molecule has 2 aromatic rings. The second kappa shape index (κ2) is 7.22. The molecule has 0 aliphatic rings. The third-order valence-corrected chi connectivity index (χ3v) is 3.28. The number of benzene rings is 1. The average molecular weight is 294 g/mol. The molecule has 1 aromatic carbocycles. The summed E-state index contributed by atoms with van der Waals surface area (Å²) in [5.41, 5.74) is 0.627. The van der Waals surface area contributed by atoms with Gasteiger partial charge in [-0.25, -0.2) is 13.2 Å². The van der Waals surface area contributed by atoms with Crippen LogP contribution in [-0.4, -0.2) is 11.5 Å². The van der Waals surface area contributed by atoms with E-state index in [1.54, 1.807) is 6.07 Å². The molecule has 0 aliphatic heterocycles. The van der Waals surface area contributed by atoms with Crippen LogP contribution in [0.1, 0.15) is 30.5 Å². The number of halogens is 3. The van der Waals surface area contributed by atoms with E-state index < -0.39 is 23.5 Å². The number of aromatic nitrogens is 1. The normalized spacial score (nSPS) is 12.4. The smallest absolute Gasteiger partial charge is 0.162 e. The lowest BCUT2D eigenvalue weighted by molar-refractivity contribution is 0.466. The van der Waals surface area contributed by atoms with E-state index in [9.17, 15) is 13.2 Å². The zero-order valence-corrected chi connectivity index (χ0v) is 11.7. The fourth-order valence-corrected chi connectivity index (χ4v) is 2.21. The van der Waals surface area contributed by atoms with Gasteiger partial charge in [0.05, 0.1) is 6.20 Å². The Labute approximate surface area is 122 Å². The molecule has 0 amide bonds. The molecule has 0 saturated carbocycles. The van der Waals surface area contributed by atoms with Crippen molar-refractivity contribution in [1.29, 1.82) is 0 Å². The first-order valence-corrected chi connectivity index (χ1v) is 6.89. The molecule has 0 aliphatic carbocycles. The van der Waals surface area contributed by atoms with Gasteiger partial charge in [0.25, 0.3) is 0 Å². The molecule has 2 rings (SSSR count). The van der Waals surface area contributed by atoms with Gasteiger partial charge < -0.3 is 5.32 Å². The molecular weight excluding hydrogens is 277 g/mol. The molecule has 21 heavy (non-hydrogen) atoms. The van der Waals surface area contributed by atoms with Gasteiger partial charge in [0.15, 0.2) is 11.6 Å². The number of pyridine rings is 1. The minimum atomic E-state index is -0.892. The van der Waals surface area contributed by atoms with E-state index in [0.29, 0.717) is 12.1 Å². The van der Waals surface area contributed by atoms with Gasteiger partial charge in [0, 0.05) is 17.8 Å². The second-order valence-electron chi connectivity index (χ2n) is 4.82. The van der Waals surface area contributed by atoms with Crippen molar-refractivity contribution in [3.63, 3.8) is 0 Å². The predicted molar refractivity (Wildman–Crippen MR) is 75.3 cm³/mol. The molecule has 5 heteroatoms. The van der Waals surface area contributed by atoms with Crippen molar-refractivity contribution < 1.29 is 13.2 Å². The van der Waals surface area contributed by atoms with Crippen LogP contribution in [0.5, 0.6) is 0 Å². The molecule has 1 heterocycles. The van der Waals surface area contributed by atoms with Gasteiger partial charge in [-0.2, -0.15) is 0 Å². The molecule has 0 spiro atoms. The number of nitrogens with one attached hydrogen (secondary N) is 1. The van der Waals surface area contributed by atoms with Crippen molar-refractivity contribution in [2.24, 2.45) is 0 Å². The second-order valence-corrected chi connectivity index (χ2v) is 4.82. The summed E-state index contributed by atoms with van der Waals surface area (Å²) < 4.78 is 41.0. The Balaban J connectivity index is 2.28. The van der Waals surface area contributed by atoms with Crippen LogP contribution in [0.25, 0.3) is 0 Å². The number of hydrogen-bond acceptors (Lipinski definition) is 2. The minimum Gasteiger partial charge on any atom is -0.310 e. The topological polar surface area (TPSA) is 24.9 Å². The largest absolute Gasteiger partial charge is 0.310 e. The van der Waals surface area contributed by atoms with Crippen LogP contribution in [0, 0.1) is 17.5 Å². The first kappa shape index (κ1) is 15.5. The monoisotopic (exact) mass is 294 g/mol. The maximum atomic E-state index is 13.9. The molecule has 112 valence electrons. The van der Waals surface area contributed by atoms with Crippen molar-refractivity contribution in [3.8, 4) is 0 Å². The van der Waals surface area contributed by atoms with Crippen LogP contribution in [-0.2, 0) is 6.42 Å². The van der Waals surface area contributed by atoms with Gasteiger partial charge in [-0.15, -0.1) is 0 Å². The van der Waals surface area contributed by atoms with E-state index in [2.05, 4.69) is 10.3 Å². The highest BCUT2D eigenvalue weighted by Crippen LogP contribution is 2.23. The van der Waals surface area contributed by atoms with E-state index in [1.807, 2.05) is 6.92 Å². The quantitative estimate of drug-likeness (QED) is 0.877. The third-order valence-electron chi connectivity index (χ3n) is 3.28. The van der Waals surface area contributed by atoms with Crippen molar-refractivity contribution in [2.75, 3.05) is 6.54 Å². The van der Waals surface area contributed by atoms with E-state index >= 15 is 0 Å². The fraction of sp³-hybridized carbons (Fsp3) is 0.312. The van der Waals surface area contributed by atoms with Crippen molar-refractivity contribution in [3.05, 3.63) is 65.2 Å². The Morgan fingerprint density at radius 2 is 1.95 bits per heavy atom. The van der Waals surface area contributed by atoms with Crippen LogP contribution < -0.4 is 5.32 Å². The SMILES string of the molecule is CCCNC(Cc1cccc(F)c1F)c1ccncc1F. The van der Waals surface area contributed by atoms with Crippen LogP contribution in [0.4, 0.5) is 13.2 Å². The Bertz CT molecular complexity index is 602. The standard InChI is InChI=1S/C16H17F3N2/c1-2-7-21-15(12-6-8-20-10-14(12)18)9-11-4-3-5-13(17)16(11)19/h3-6,8,10,15,21H,2,7,9H2,1H3. The van der Waals surface area contributed by atoms with Gasteiger partial charge in [0.2, 0.25) is 0 Å². The maximum absolute atomic E-state index is 13.9. The Morgan fingerprint density at radius 1 is 1.14 bits per heavy atom. The van der Waals surface area contributed by atoms with Crippen LogP contribution in [0.3, 0.4) is 0 Å². The van der Waals surface area contributed by atoms with Crippen LogP contribution in [0.15, 0.2) is 36.7 Å². The molecule has 1 atom stereocenters. The number of nitrogens with zero attached hydrogens (tertiary/aromatic N) is 1. The Hall–Kier alpha value is -1.88.